The Kier molecular flexibility index (Phi) is 6.36. The zero-order valence-corrected chi connectivity index (χ0v) is 18.0. The van der Waals surface area contributed by atoms with Gasteiger partial charge in [-0.15, -0.1) is 0 Å². The molecule has 4 N–H and O–H groups in total. The van der Waals surface area contributed by atoms with Crippen molar-refractivity contribution in [3.8, 4) is 11.3 Å². The summed E-state index contributed by atoms with van der Waals surface area (Å²) in [6, 6.07) is 8.34. The van der Waals surface area contributed by atoms with Crippen molar-refractivity contribution in [2.24, 2.45) is 0 Å². The maximum atomic E-state index is 12.6. The fraction of sp³-hybridized carbons (Fsp3) is 0.286. The molecule has 1 aliphatic heterocycles. The number of nitrogens with zero attached hydrogens (tertiary/aromatic N) is 5. The smallest absolute Gasteiger partial charge is 0.311 e. The van der Waals surface area contributed by atoms with Gasteiger partial charge >= 0.3 is 5.69 Å². The van der Waals surface area contributed by atoms with Crippen molar-refractivity contribution in [1.29, 1.82) is 0 Å². The molecule has 12 nitrogen and oxygen atoms in total. The predicted octanol–water partition coefficient (Wildman–Crippen LogP) is 2.03. The zero-order chi connectivity index (χ0) is 23.4. The number of nitrogen functional groups attached to an aromatic ring is 1. The van der Waals surface area contributed by atoms with Crippen LogP contribution in [-0.4, -0.2) is 65.5 Å². The summed E-state index contributed by atoms with van der Waals surface area (Å²) in [5, 5.41) is 17.1. The lowest BCUT2D eigenvalue weighted by atomic mass is 10.1. The summed E-state index contributed by atoms with van der Waals surface area (Å²) < 4.78 is 5.23. The molecule has 0 aliphatic carbocycles. The summed E-state index contributed by atoms with van der Waals surface area (Å²) in [5.41, 5.74) is 7.57. The Balaban J connectivity index is 1.43. The number of hydrogen-bond donors (Lipinski definition) is 3. The second-order valence-electron chi connectivity index (χ2n) is 7.57. The van der Waals surface area contributed by atoms with Gasteiger partial charge in [0.25, 0.3) is 0 Å². The molecular weight excluding hydrogens is 428 g/mol. The van der Waals surface area contributed by atoms with Gasteiger partial charge in [0.2, 0.25) is 11.7 Å². The molecule has 3 aromatic rings. The molecule has 172 valence electrons. The monoisotopic (exact) mass is 452 g/mol. The molecule has 33 heavy (non-hydrogen) atoms. The van der Waals surface area contributed by atoms with Crippen LogP contribution in [0.5, 0.6) is 0 Å². The Morgan fingerprint density at radius 2 is 1.85 bits per heavy atom. The van der Waals surface area contributed by atoms with E-state index in [1.165, 1.54) is 12.1 Å². The van der Waals surface area contributed by atoms with Gasteiger partial charge in [0.1, 0.15) is 11.6 Å². The van der Waals surface area contributed by atoms with Crippen molar-refractivity contribution in [3.05, 3.63) is 53.0 Å². The van der Waals surface area contributed by atoms with E-state index in [1.54, 1.807) is 17.4 Å². The van der Waals surface area contributed by atoms with Crippen LogP contribution in [0.1, 0.15) is 0 Å². The second kappa shape index (κ2) is 9.53. The Morgan fingerprint density at radius 3 is 2.48 bits per heavy atom. The first-order valence-corrected chi connectivity index (χ1v) is 10.3. The number of piperazine rings is 1. The maximum absolute atomic E-state index is 12.6. The van der Waals surface area contributed by atoms with Crippen molar-refractivity contribution in [3.63, 3.8) is 0 Å². The highest BCUT2D eigenvalue weighted by Gasteiger charge is 2.26. The molecule has 0 spiro atoms. The van der Waals surface area contributed by atoms with Crippen molar-refractivity contribution >= 4 is 34.7 Å². The molecule has 0 unspecified atom stereocenters. The fourth-order valence-corrected chi connectivity index (χ4v) is 3.53. The number of carbonyl (C=O) groups excluding carboxylic acids is 1. The van der Waals surface area contributed by atoms with Gasteiger partial charge < -0.3 is 25.7 Å². The lowest BCUT2D eigenvalue weighted by Gasteiger charge is -2.33. The van der Waals surface area contributed by atoms with E-state index in [2.05, 4.69) is 15.6 Å². The first-order chi connectivity index (χ1) is 15.9. The minimum absolute atomic E-state index is 0.0232. The lowest BCUT2D eigenvalue weighted by Crippen LogP contribution is -2.49. The van der Waals surface area contributed by atoms with E-state index in [-0.39, 0.29) is 17.4 Å². The van der Waals surface area contributed by atoms with Crippen molar-refractivity contribution in [2.75, 3.05) is 61.0 Å². The first-order valence-electron chi connectivity index (χ1n) is 10.3. The Bertz CT molecular complexity index is 1150. The molecule has 1 amide bonds. The van der Waals surface area contributed by atoms with Gasteiger partial charge in [0, 0.05) is 37.8 Å². The summed E-state index contributed by atoms with van der Waals surface area (Å²) >= 11 is 0. The molecule has 0 bridgehead atoms. The highest BCUT2D eigenvalue weighted by molar-refractivity contribution is 5.99. The number of likely N-dealkylation sites (N-methyl/N-ethyl adjacent to an activating group) is 1. The first kappa shape index (κ1) is 22.0. The SMILES string of the molecule is CN1CCN(c2ccc(NCCNc3ccc([N+](=O)[O-])c(N)n3)nc2-c2ccoc2)C(=O)C1. The highest BCUT2D eigenvalue weighted by Crippen LogP contribution is 2.32. The van der Waals surface area contributed by atoms with Crippen LogP contribution in [0.15, 0.2) is 47.3 Å². The zero-order valence-electron chi connectivity index (χ0n) is 18.0. The van der Waals surface area contributed by atoms with Gasteiger partial charge in [-0.2, -0.15) is 0 Å². The minimum atomic E-state index is -0.573. The number of rotatable bonds is 8. The van der Waals surface area contributed by atoms with Crippen LogP contribution in [-0.2, 0) is 4.79 Å². The summed E-state index contributed by atoms with van der Waals surface area (Å²) in [6.45, 7) is 2.71. The van der Waals surface area contributed by atoms with E-state index in [0.717, 1.165) is 17.8 Å². The normalized spacial score (nSPS) is 14.3. The third-order valence-electron chi connectivity index (χ3n) is 5.21. The number of aromatic nitrogens is 2. The van der Waals surface area contributed by atoms with Crippen LogP contribution >= 0.6 is 0 Å². The molecular formula is C21H24N8O4. The standard InChI is InChI=1S/C21H24N8O4/c1-27-9-10-28(19(30)12-27)15-2-4-17(25-20(15)14-6-11-33-13-14)23-7-8-24-18-5-3-16(29(31)32)21(22)26-18/h2-6,11,13H,7-10,12H2,1H3,(H,23,25)(H3,22,24,26). The van der Waals surface area contributed by atoms with E-state index in [4.69, 9.17) is 15.1 Å². The quantitative estimate of drug-likeness (QED) is 0.262. The number of carbonyl (C=O) groups is 1. The van der Waals surface area contributed by atoms with Crippen molar-refractivity contribution in [1.82, 2.24) is 14.9 Å². The molecule has 1 saturated heterocycles. The molecule has 0 aromatic carbocycles. The van der Waals surface area contributed by atoms with Gasteiger partial charge in [-0.1, -0.05) is 0 Å². The van der Waals surface area contributed by atoms with Crippen LogP contribution in [0.25, 0.3) is 11.3 Å². The van der Waals surface area contributed by atoms with Gasteiger partial charge in [0.15, 0.2) is 0 Å². The Morgan fingerprint density at radius 1 is 1.12 bits per heavy atom. The summed E-state index contributed by atoms with van der Waals surface area (Å²) in [7, 11) is 1.92. The molecule has 0 saturated carbocycles. The molecule has 4 heterocycles. The number of pyridine rings is 2. The van der Waals surface area contributed by atoms with Crippen LogP contribution in [0.4, 0.5) is 28.8 Å². The highest BCUT2D eigenvalue weighted by atomic mass is 16.6. The summed E-state index contributed by atoms with van der Waals surface area (Å²) in [6.07, 6.45) is 3.17. The van der Waals surface area contributed by atoms with E-state index in [9.17, 15) is 14.9 Å². The molecule has 12 heteroatoms. The molecule has 1 fully saturated rings. The number of nitro groups is 1. The third kappa shape index (κ3) is 5.01. The Hall–Kier alpha value is -4.19. The molecule has 0 atom stereocenters. The number of amides is 1. The fourth-order valence-electron chi connectivity index (χ4n) is 3.53. The van der Waals surface area contributed by atoms with Crippen molar-refractivity contribution < 1.29 is 14.1 Å². The number of hydrogen-bond acceptors (Lipinski definition) is 10. The average Bonchev–Trinajstić information content (AvgIpc) is 3.32. The van der Waals surface area contributed by atoms with E-state index in [0.29, 0.717) is 43.5 Å². The summed E-state index contributed by atoms with van der Waals surface area (Å²) in [4.78, 5) is 35.3. The van der Waals surface area contributed by atoms with Crippen LogP contribution in [0.3, 0.4) is 0 Å². The van der Waals surface area contributed by atoms with Gasteiger partial charge in [-0.05, 0) is 31.3 Å². The Labute approximate surface area is 189 Å². The van der Waals surface area contributed by atoms with Crippen LogP contribution in [0, 0.1) is 10.1 Å². The molecule has 3 aromatic heterocycles. The number of nitrogens with one attached hydrogen (secondary N) is 2. The van der Waals surface area contributed by atoms with Gasteiger partial charge in [-0.25, -0.2) is 9.97 Å². The number of nitrogens with two attached hydrogens (primary N) is 1. The molecule has 4 rings (SSSR count). The summed E-state index contributed by atoms with van der Waals surface area (Å²) in [5.74, 6) is 0.957. The predicted molar refractivity (Wildman–Crippen MR) is 124 cm³/mol. The van der Waals surface area contributed by atoms with E-state index < -0.39 is 4.92 Å². The van der Waals surface area contributed by atoms with Crippen molar-refractivity contribution in [2.45, 2.75) is 0 Å². The van der Waals surface area contributed by atoms with E-state index >= 15 is 0 Å². The topological polar surface area (TPSA) is 156 Å². The van der Waals surface area contributed by atoms with Crippen LogP contribution < -0.4 is 21.3 Å². The average molecular weight is 452 g/mol. The largest absolute Gasteiger partial charge is 0.472 e. The lowest BCUT2D eigenvalue weighted by molar-refractivity contribution is -0.384. The minimum Gasteiger partial charge on any atom is -0.472 e. The number of anilines is 4. The molecule has 0 radical (unpaired) electrons. The maximum Gasteiger partial charge on any atom is 0.311 e. The van der Waals surface area contributed by atoms with E-state index in [1.807, 2.05) is 30.1 Å². The number of furan rings is 1. The second-order valence-corrected chi connectivity index (χ2v) is 7.57. The van der Waals surface area contributed by atoms with Gasteiger partial charge in [0.05, 0.1) is 35.4 Å². The van der Waals surface area contributed by atoms with Gasteiger partial charge in [-0.3, -0.25) is 19.8 Å². The molecule has 1 aliphatic rings. The third-order valence-corrected chi connectivity index (χ3v) is 5.21. The van der Waals surface area contributed by atoms with Crippen LogP contribution in [0.2, 0.25) is 0 Å².